The van der Waals surface area contributed by atoms with E-state index in [0.29, 0.717) is 5.82 Å². The molecule has 86 valence electrons. The largest absolute Gasteiger partial charge is 0.383 e. The van der Waals surface area contributed by atoms with Crippen LogP contribution in [0.5, 0.6) is 0 Å². The Bertz CT molecular complexity index is 631. The lowest BCUT2D eigenvalue weighted by Crippen LogP contribution is -1.94. The van der Waals surface area contributed by atoms with E-state index in [4.69, 9.17) is 5.73 Å². The second-order valence-electron chi connectivity index (χ2n) is 3.40. The van der Waals surface area contributed by atoms with E-state index in [9.17, 15) is 0 Å². The Morgan fingerprint density at radius 1 is 1.18 bits per heavy atom. The summed E-state index contributed by atoms with van der Waals surface area (Å²) in [6.07, 6.45) is 0. The molecule has 3 aromatic heterocycles. The maximum atomic E-state index is 5.90. The van der Waals surface area contributed by atoms with Gasteiger partial charge in [-0.3, -0.25) is 0 Å². The normalized spacial score (nSPS) is 11.1. The van der Waals surface area contributed by atoms with Crippen LogP contribution in [0, 0.1) is 0 Å². The Hall–Kier alpha value is -1.11. The van der Waals surface area contributed by atoms with Gasteiger partial charge in [0, 0.05) is 10.6 Å². The molecule has 0 radical (unpaired) electrons. The third-order valence-corrected chi connectivity index (χ3v) is 5.02. The highest BCUT2D eigenvalue weighted by molar-refractivity contribution is 7.98. The first-order valence-corrected chi connectivity index (χ1v) is 7.73. The highest BCUT2D eigenvalue weighted by Crippen LogP contribution is 2.28. The summed E-state index contributed by atoms with van der Waals surface area (Å²) in [4.78, 5) is 11.1. The number of thiophene rings is 2. The van der Waals surface area contributed by atoms with Gasteiger partial charge in [0.25, 0.3) is 0 Å². The van der Waals surface area contributed by atoms with E-state index < -0.39 is 0 Å². The van der Waals surface area contributed by atoms with Crippen molar-refractivity contribution in [2.75, 3.05) is 5.73 Å². The molecule has 3 nitrogen and oxygen atoms in total. The van der Waals surface area contributed by atoms with Crippen molar-refractivity contribution < 1.29 is 0 Å². The summed E-state index contributed by atoms with van der Waals surface area (Å²) in [6.45, 7) is 0. The molecule has 0 fully saturated rings. The first-order chi connectivity index (χ1) is 8.33. The Kier molecular flexibility index (Phi) is 3.00. The fraction of sp³-hybridized carbons (Fsp3) is 0.0909. The van der Waals surface area contributed by atoms with Crippen molar-refractivity contribution in [1.29, 1.82) is 0 Å². The summed E-state index contributed by atoms with van der Waals surface area (Å²) in [5.41, 5.74) is 5.90. The van der Waals surface area contributed by atoms with Crippen LogP contribution in [0.15, 0.2) is 34.1 Å². The predicted molar refractivity (Wildman–Crippen MR) is 75.7 cm³/mol. The lowest BCUT2D eigenvalue weighted by molar-refractivity contribution is 1.02. The molecule has 0 bridgehead atoms. The highest BCUT2D eigenvalue weighted by Gasteiger charge is 2.07. The van der Waals surface area contributed by atoms with Gasteiger partial charge in [0.15, 0.2) is 5.16 Å². The summed E-state index contributed by atoms with van der Waals surface area (Å²) in [5.74, 6) is 1.47. The molecular weight excluding hydrogens is 270 g/mol. The predicted octanol–water partition coefficient (Wildman–Crippen LogP) is 3.63. The minimum Gasteiger partial charge on any atom is -0.383 e. The number of nitrogens with zero attached hydrogens (tertiary/aromatic N) is 2. The van der Waals surface area contributed by atoms with Crippen LogP contribution in [0.3, 0.4) is 0 Å². The average Bonchev–Trinajstić information content (AvgIpc) is 2.97. The lowest BCUT2D eigenvalue weighted by atomic mass is 10.4. The van der Waals surface area contributed by atoms with Crippen LogP contribution in [0.25, 0.3) is 10.2 Å². The third-order valence-electron chi connectivity index (χ3n) is 2.26. The average molecular weight is 279 g/mol. The molecule has 3 aromatic rings. The number of aromatic nitrogens is 2. The van der Waals surface area contributed by atoms with Gasteiger partial charge in [-0.15, -0.1) is 22.7 Å². The molecular formula is C11H9N3S3. The van der Waals surface area contributed by atoms with Crippen LogP contribution in [-0.2, 0) is 5.75 Å². The number of hydrogen-bond acceptors (Lipinski definition) is 6. The molecule has 0 unspecified atom stereocenters. The molecule has 0 saturated carbocycles. The summed E-state index contributed by atoms with van der Waals surface area (Å²) in [5, 5.41) is 5.78. The van der Waals surface area contributed by atoms with Crippen molar-refractivity contribution >= 4 is 50.5 Å². The molecule has 0 saturated heterocycles. The van der Waals surface area contributed by atoms with E-state index in [1.807, 2.05) is 11.4 Å². The number of thioether (sulfide) groups is 1. The van der Waals surface area contributed by atoms with Crippen molar-refractivity contribution in [3.63, 3.8) is 0 Å². The van der Waals surface area contributed by atoms with E-state index in [-0.39, 0.29) is 0 Å². The van der Waals surface area contributed by atoms with E-state index in [1.54, 1.807) is 34.4 Å². The van der Waals surface area contributed by atoms with Crippen LogP contribution in [0.1, 0.15) is 4.88 Å². The quantitative estimate of drug-likeness (QED) is 0.587. The topological polar surface area (TPSA) is 51.8 Å². The first kappa shape index (κ1) is 11.0. The van der Waals surface area contributed by atoms with Gasteiger partial charge in [-0.05, 0) is 22.9 Å². The third kappa shape index (κ3) is 2.29. The molecule has 0 aromatic carbocycles. The van der Waals surface area contributed by atoms with Crippen molar-refractivity contribution in [2.24, 2.45) is 0 Å². The molecule has 2 N–H and O–H groups in total. The molecule has 0 spiro atoms. The summed E-state index contributed by atoms with van der Waals surface area (Å²) in [6, 6.07) is 6.13. The Labute approximate surface area is 111 Å². The number of anilines is 1. The lowest BCUT2D eigenvalue weighted by Gasteiger charge is -2.01. The van der Waals surface area contributed by atoms with Crippen LogP contribution < -0.4 is 5.73 Å². The van der Waals surface area contributed by atoms with Gasteiger partial charge in [-0.25, -0.2) is 9.97 Å². The van der Waals surface area contributed by atoms with E-state index in [0.717, 1.165) is 21.1 Å². The van der Waals surface area contributed by atoms with Gasteiger partial charge >= 0.3 is 0 Å². The zero-order valence-corrected chi connectivity index (χ0v) is 11.2. The SMILES string of the molecule is Nc1nc(SCc2cccs2)nc2sccc12. The maximum Gasteiger partial charge on any atom is 0.191 e. The van der Waals surface area contributed by atoms with Gasteiger partial charge in [-0.1, -0.05) is 17.8 Å². The molecule has 6 heteroatoms. The summed E-state index contributed by atoms with van der Waals surface area (Å²) >= 11 is 4.97. The number of nitrogen functional groups attached to an aromatic ring is 1. The molecule has 3 heterocycles. The van der Waals surface area contributed by atoms with Crippen molar-refractivity contribution in [1.82, 2.24) is 9.97 Å². The first-order valence-electron chi connectivity index (χ1n) is 4.99. The molecule has 0 atom stereocenters. The number of hydrogen-bond donors (Lipinski definition) is 1. The second-order valence-corrected chi connectivity index (χ2v) is 6.27. The van der Waals surface area contributed by atoms with E-state index in [2.05, 4.69) is 27.5 Å². The zero-order valence-electron chi connectivity index (χ0n) is 8.79. The molecule has 0 aliphatic heterocycles. The fourth-order valence-corrected chi connectivity index (χ4v) is 3.91. The minimum atomic E-state index is 0.574. The van der Waals surface area contributed by atoms with E-state index >= 15 is 0 Å². The van der Waals surface area contributed by atoms with Crippen LogP contribution in [-0.4, -0.2) is 9.97 Å². The molecule has 0 aliphatic rings. The van der Waals surface area contributed by atoms with Crippen molar-refractivity contribution in [2.45, 2.75) is 10.9 Å². The smallest absolute Gasteiger partial charge is 0.191 e. The second kappa shape index (κ2) is 4.64. The maximum absolute atomic E-state index is 5.90. The van der Waals surface area contributed by atoms with Crippen LogP contribution in [0.2, 0.25) is 0 Å². The van der Waals surface area contributed by atoms with Gasteiger partial charge in [0.05, 0.1) is 5.39 Å². The standard InChI is InChI=1S/C11H9N3S3/c12-9-8-3-5-16-10(8)14-11(13-9)17-6-7-2-1-4-15-7/h1-5H,6H2,(H2,12,13,14). The number of rotatable bonds is 3. The summed E-state index contributed by atoms with van der Waals surface area (Å²) < 4.78 is 0. The molecule has 0 amide bonds. The molecule has 3 rings (SSSR count). The van der Waals surface area contributed by atoms with Crippen molar-refractivity contribution in [3.8, 4) is 0 Å². The number of fused-ring (bicyclic) bond motifs is 1. The molecule has 0 aliphatic carbocycles. The van der Waals surface area contributed by atoms with Gasteiger partial charge in [-0.2, -0.15) is 0 Å². The number of nitrogens with two attached hydrogens (primary N) is 1. The van der Waals surface area contributed by atoms with Crippen LogP contribution >= 0.6 is 34.4 Å². The Morgan fingerprint density at radius 2 is 2.12 bits per heavy atom. The monoisotopic (exact) mass is 279 g/mol. The van der Waals surface area contributed by atoms with Crippen molar-refractivity contribution in [3.05, 3.63) is 33.8 Å². The Balaban J connectivity index is 1.85. The van der Waals surface area contributed by atoms with E-state index in [1.165, 1.54) is 4.88 Å². The van der Waals surface area contributed by atoms with Gasteiger partial charge in [0.2, 0.25) is 0 Å². The van der Waals surface area contributed by atoms with Gasteiger partial charge < -0.3 is 5.73 Å². The fourth-order valence-electron chi connectivity index (χ4n) is 1.45. The highest BCUT2D eigenvalue weighted by atomic mass is 32.2. The molecule has 17 heavy (non-hydrogen) atoms. The minimum absolute atomic E-state index is 0.574. The summed E-state index contributed by atoms with van der Waals surface area (Å²) in [7, 11) is 0. The van der Waals surface area contributed by atoms with Gasteiger partial charge in [0.1, 0.15) is 10.6 Å². The van der Waals surface area contributed by atoms with Crippen LogP contribution in [0.4, 0.5) is 5.82 Å². The Morgan fingerprint density at radius 3 is 2.94 bits per heavy atom. The zero-order chi connectivity index (χ0) is 11.7.